The van der Waals surface area contributed by atoms with Crippen molar-refractivity contribution < 1.29 is 9.90 Å². The molecule has 5 heteroatoms. The van der Waals surface area contributed by atoms with Gasteiger partial charge >= 0.3 is 0 Å². The van der Waals surface area contributed by atoms with Gasteiger partial charge in [-0.15, -0.1) is 0 Å². The van der Waals surface area contributed by atoms with Crippen molar-refractivity contribution in [3.05, 3.63) is 24.5 Å². The maximum Gasteiger partial charge on any atom is 0.239 e. The van der Waals surface area contributed by atoms with Gasteiger partial charge in [0.05, 0.1) is 6.61 Å². The van der Waals surface area contributed by atoms with Gasteiger partial charge in [-0.3, -0.25) is 9.69 Å². The van der Waals surface area contributed by atoms with E-state index in [4.69, 9.17) is 0 Å². The number of amides is 1. The molecule has 2 rings (SSSR count). The first-order valence-corrected chi connectivity index (χ1v) is 7.02. The summed E-state index contributed by atoms with van der Waals surface area (Å²) in [6, 6.07) is 4.09. The zero-order valence-electron chi connectivity index (χ0n) is 11.3. The standard InChI is InChI=1S/C14H23N3O2/c18-12-13-5-1-2-9-17(13)10-6-15-14(19)11-16-7-3-4-8-16/h3-4,7-8,13,18H,1-2,5-6,9-12H2,(H,15,19). The topological polar surface area (TPSA) is 57.5 Å². The zero-order chi connectivity index (χ0) is 13.5. The van der Waals surface area contributed by atoms with Crippen LogP contribution in [-0.4, -0.2) is 52.8 Å². The molecule has 2 N–H and O–H groups in total. The Balaban J connectivity index is 1.66. The van der Waals surface area contributed by atoms with Crippen LogP contribution >= 0.6 is 0 Å². The van der Waals surface area contributed by atoms with Gasteiger partial charge < -0.3 is 15.0 Å². The number of carbonyl (C=O) groups excluding carboxylic acids is 1. The first kappa shape index (κ1) is 14.1. The number of nitrogens with zero attached hydrogens (tertiary/aromatic N) is 2. The van der Waals surface area contributed by atoms with Gasteiger partial charge in [-0.2, -0.15) is 0 Å². The normalized spacial score (nSPS) is 20.4. The van der Waals surface area contributed by atoms with E-state index in [9.17, 15) is 9.90 Å². The average Bonchev–Trinajstić information content (AvgIpc) is 2.92. The van der Waals surface area contributed by atoms with Crippen LogP contribution in [0.4, 0.5) is 0 Å². The molecule has 2 heterocycles. The molecule has 19 heavy (non-hydrogen) atoms. The lowest BCUT2D eigenvalue weighted by Crippen LogP contribution is -2.45. The van der Waals surface area contributed by atoms with Gasteiger partial charge in [0.1, 0.15) is 6.54 Å². The van der Waals surface area contributed by atoms with E-state index >= 15 is 0 Å². The molecule has 1 aliphatic heterocycles. The molecular weight excluding hydrogens is 242 g/mol. The van der Waals surface area contributed by atoms with Gasteiger partial charge in [-0.25, -0.2) is 0 Å². The van der Waals surface area contributed by atoms with E-state index in [-0.39, 0.29) is 18.6 Å². The minimum Gasteiger partial charge on any atom is -0.395 e. The van der Waals surface area contributed by atoms with Crippen molar-refractivity contribution in [1.82, 2.24) is 14.8 Å². The van der Waals surface area contributed by atoms with Crippen LogP contribution in [0.15, 0.2) is 24.5 Å². The van der Waals surface area contributed by atoms with E-state index in [2.05, 4.69) is 10.2 Å². The fourth-order valence-corrected chi connectivity index (χ4v) is 2.60. The van der Waals surface area contributed by atoms with Gasteiger partial charge in [0.2, 0.25) is 5.91 Å². The maximum atomic E-state index is 11.7. The van der Waals surface area contributed by atoms with Gasteiger partial charge in [-0.05, 0) is 31.5 Å². The molecule has 0 saturated carbocycles. The van der Waals surface area contributed by atoms with Crippen LogP contribution < -0.4 is 5.32 Å². The monoisotopic (exact) mass is 265 g/mol. The summed E-state index contributed by atoms with van der Waals surface area (Å²) in [5.41, 5.74) is 0. The molecule has 1 saturated heterocycles. The van der Waals surface area contributed by atoms with Crippen molar-refractivity contribution in [3.8, 4) is 0 Å². The molecule has 1 atom stereocenters. The van der Waals surface area contributed by atoms with Crippen molar-refractivity contribution in [2.24, 2.45) is 0 Å². The predicted molar refractivity (Wildman–Crippen MR) is 73.7 cm³/mol. The Morgan fingerprint density at radius 3 is 2.84 bits per heavy atom. The molecule has 0 aromatic carbocycles. The molecule has 1 aliphatic rings. The number of hydrogen-bond donors (Lipinski definition) is 2. The van der Waals surface area contributed by atoms with Crippen LogP contribution in [-0.2, 0) is 11.3 Å². The van der Waals surface area contributed by atoms with Crippen molar-refractivity contribution >= 4 is 5.91 Å². The fourth-order valence-electron chi connectivity index (χ4n) is 2.60. The predicted octanol–water partition coefficient (Wildman–Crippen LogP) is 0.451. The Morgan fingerprint density at radius 1 is 1.32 bits per heavy atom. The Hall–Kier alpha value is -1.33. The zero-order valence-corrected chi connectivity index (χ0v) is 11.3. The third kappa shape index (κ3) is 4.36. The quantitative estimate of drug-likeness (QED) is 0.785. The van der Waals surface area contributed by atoms with E-state index in [0.717, 1.165) is 19.5 Å². The Morgan fingerprint density at radius 2 is 2.11 bits per heavy atom. The van der Waals surface area contributed by atoms with Crippen LogP contribution in [0.2, 0.25) is 0 Å². The van der Waals surface area contributed by atoms with Crippen LogP contribution in [0.25, 0.3) is 0 Å². The molecule has 106 valence electrons. The van der Waals surface area contributed by atoms with Gasteiger partial charge in [0.25, 0.3) is 0 Å². The molecule has 1 unspecified atom stereocenters. The third-order valence-corrected chi connectivity index (χ3v) is 3.67. The van der Waals surface area contributed by atoms with E-state index in [1.165, 1.54) is 12.8 Å². The SMILES string of the molecule is O=C(Cn1cccc1)NCCN1CCCCC1CO. The summed E-state index contributed by atoms with van der Waals surface area (Å²) in [4.78, 5) is 14.0. The molecule has 1 fully saturated rings. The highest BCUT2D eigenvalue weighted by Crippen LogP contribution is 2.15. The van der Waals surface area contributed by atoms with Gasteiger partial charge in [-0.1, -0.05) is 6.42 Å². The molecule has 5 nitrogen and oxygen atoms in total. The summed E-state index contributed by atoms with van der Waals surface area (Å²) >= 11 is 0. The van der Waals surface area contributed by atoms with E-state index in [0.29, 0.717) is 13.1 Å². The number of aliphatic hydroxyl groups is 1. The van der Waals surface area contributed by atoms with Crippen LogP contribution in [0.1, 0.15) is 19.3 Å². The first-order chi connectivity index (χ1) is 9.29. The van der Waals surface area contributed by atoms with E-state index in [1.807, 2.05) is 29.1 Å². The van der Waals surface area contributed by atoms with Crippen molar-refractivity contribution in [2.75, 3.05) is 26.2 Å². The summed E-state index contributed by atoms with van der Waals surface area (Å²) < 4.78 is 1.85. The number of carbonyl (C=O) groups is 1. The number of rotatable bonds is 6. The second-order valence-electron chi connectivity index (χ2n) is 5.07. The Kier molecular flexibility index (Phi) is 5.42. The average molecular weight is 265 g/mol. The molecule has 0 spiro atoms. The summed E-state index contributed by atoms with van der Waals surface area (Å²) in [5.74, 6) is 0.0359. The summed E-state index contributed by atoms with van der Waals surface area (Å²) in [5, 5.41) is 12.2. The van der Waals surface area contributed by atoms with Crippen LogP contribution in [0.3, 0.4) is 0 Å². The molecule has 0 bridgehead atoms. The third-order valence-electron chi connectivity index (χ3n) is 3.67. The largest absolute Gasteiger partial charge is 0.395 e. The summed E-state index contributed by atoms with van der Waals surface area (Å²) in [6.07, 6.45) is 7.21. The Bertz CT molecular complexity index is 378. The number of piperidine rings is 1. The van der Waals surface area contributed by atoms with Gasteiger partial charge in [0, 0.05) is 31.5 Å². The van der Waals surface area contributed by atoms with Crippen LogP contribution in [0.5, 0.6) is 0 Å². The lowest BCUT2D eigenvalue weighted by Gasteiger charge is -2.34. The maximum absolute atomic E-state index is 11.7. The molecule has 0 aliphatic carbocycles. The number of nitrogens with one attached hydrogen (secondary N) is 1. The minimum absolute atomic E-state index is 0.0359. The Labute approximate surface area is 114 Å². The highest BCUT2D eigenvalue weighted by atomic mass is 16.3. The summed E-state index contributed by atoms with van der Waals surface area (Å²) in [6.45, 7) is 3.09. The smallest absolute Gasteiger partial charge is 0.239 e. The molecular formula is C14H23N3O2. The second-order valence-corrected chi connectivity index (χ2v) is 5.07. The number of likely N-dealkylation sites (tertiary alicyclic amines) is 1. The number of aliphatic hydroxyl groups excluding tert-OH is 1. The highest BCUT2D eigenvalue weighted by molar-refractivity contribution is 5.75. The van der Waals surface area contributed by atoms with Crippen LogP contribution in [0, 0.1) is 0 Å². The van der Waals surface area contributed by atoms with Crippen molar-refractivity contribution in [3.63, 3.8) is 0 Å². The lowest BCUT2D eigenvalue weighted by molar-refractivity contribution is -0.121. The second kappa shape index (κ2) is 7.31. The summed E-state index contributed by atoms with van der Waals surface area (Å²) in [7, 11) is 0. The molecule has 0 radical (unpaired) electrons. The molecule has 1 amide bonds. The van der Waals surface area contributed by atoms with Gasteiger partial charge in [0.15, 0.2) is 0 Å². The van der Waals surface area contributed by atoms with E-state index < -0.39 is 0 Å². The number of aromatic nitrogens is 1. The molecule has 1 aromatic rings. The first-order valence-electron chi connectivity index (χ1n) is 7.02. The minimum atomic E-state index is 0.0359. The van der Waals surface area contributed by atoms with Crippen molar-refractivity contribution in [2.45, 2.75) is 31.8 Å². The lowest BCUT2D eigenvalue weighted by atomic mass is 10.0. The number of hydrogen-bond acceptors (Lipinski definition) is 3. The molecule has 1 aromatic heterocycles. The van der Waals surface area contributed by atoms with E-state index in [1.54, 1.807) is 0 Å². The highest BCUT2D eigenvalue weighted by Gasteiger charge is 2.20. The fraction of sp³-hybridized carbons (Fsp3) is 0.643. The van der Waals surface area contributed by atoms with Crippen molar-refractivity contribution in [1.29, 1.82) is 0 Å².